The highest BCUT2D eigenvalue weighted by atomic mass is 35.5. The lowest BCUT2D eigenvalue weighted by atomic mass is 10.1. The van der Waals surface area contributed by atoms with Crippen molar-refractivity contribution in [3.63, 3.8) is 0 Å². The van der Waals surface area contributed by atoms with Gasteiger partial charge in [-0.3, -0.25) is 4.79 Å². The zero-order valence-electron chi connectivity index (χ0n) is 15.7. The van der Waals surface area contributed by atoms with Crippen LogP contribution < -0.4 is 15.4 Å². The minimum absolute atomic E-state index is 0.256. The minimum Gasteiger partial charge on any atom is -0.496 e. The van der Waals surface area contributed by atoms with Crippen LogP contribution in [-0.4, -0.2) is 29.5 Å². The van der Waals surface area contributed by atoms with E-state index in [1.54, 1.807) is 19.2 Å². The van der Waals surface area contributed by atoms with Crippen LogP contribution in [0.15, 0.2) is 54.9 Å². The van der Waals surface area contributed by atoms with E-state index in [0.29, 0.717) is 29.5 Å². The van der Waals surface area contributed by atoms with Crippen LogP contribution in [0.5, 0.6) is 5.75 Å². The van der Waals surface area contributed by atoms with E-state index in [4.69, 9.17) is 16.3 Å². The van der Waals surface area contributed by atoms with Crippen LogP contribution in [0.25, 0.3) is 0 Å². The van der Waals surface area contributed by atoms with Crippen molar-refractivity contribution in [1.29, 1.82) is 0 Å². The molecule has 1 aromatic heterocycles. The van der Waals surface area contributed by atoms with Crippen molar-refractivity contribution in [2.75, 3.05) is 19.0 Å². The van der Waals surface area contributed by atoms with Crippen LogP contribution in [0.3, 0.4) is 0 Å². The Balaban J connectivity index is 1.62. The number of carbonyl (C=O) groups excluding carboxylic acids is 1. The van der Waals surface area contributed by atoms with Gasteiger partial charge in [0, 0.05) is 23.3 Å². The summed E-state index contributed by atoms with van der Waals surface area (Å²) in [7, 11) is 1.63. The Morgan fingerprint density at radius 2 is 1.96 bits per heavy atom. The van der Waals surface area contributed by atoms with Crippen LogP contribution in [0.2, 0.25) is 5.02 Å². The van der Waals surface area contributed by atoms with E-state index in [1.807, 2.05) is 43.3 Å². The molecule has 0 aliphatic rings. The van der Waals surface area contributed by atoms with Gasteiger partial charge in [0.25, 0.3) is 5.91 Å². The zero-order chi connectivity index (χ0) is 19.9. The first-order chi connectivity index (χ1) is 13.6. The number of para-hydroxylation sites is 1. The number of aromatic nitrogens is 2. The number of carbonyl (C=O) groups is 1. The Bertz CT molecular complexity index is 978. The number of methoxy groups -OCH3 is 1. The first-order valence-electron chi connectivity index (χ1n) is 8.82. The third-order valence-corrected chi connectivity index (χ3v) is 4.46. The Labute approximate surface area is 168 Å². The normalized spacial score (nSPS) is 10.4. The molecule has 0 bridgehead atoms. The van der Waals surface area contributed by atoms with Gasteiger partial charge in [-0.2, -0.15) is 0 Å². The fraction of sp³-hybridized carbons (Fsp3) is 0.190. The molecular weight excluding hydrogens is 376 g/mol. The molecule has 28 heavy (non-hydrogen) atoms. The summed E-state index contributed by atoms with van der Waals surface area (Å²) in [6, 6.07) is 14.9. The second-order valence-corrected chi connectivity index (χ2v) is 6.63. The van der Waals surface area contributed by atoms with Crippen molar-refractivity contribution in [1.82, 2.24) is 15.3 Å². The largest absolute Gasteiger partial charge is 0.496 e. The molecule has 3 aromatic rings. The van der Waals surface area contributed by atoms with E-state index in [2.05, 4.69) is 20.6 Å². The third-order valence-electron chi connectivity index (χ3n) is 4.22. The number of nitrogens with one attached hydrogen (secondary N) is 2. The van der Waals surface area contributed by atoms with Gasteiger partial charge in [0.1, 0.15) is 23.6 Å². The van der Waals surface area contributed by atoms with Crippen molar-refractivity contribution < 1.29 is 9.53 Å². The lowest BCUT2D eigenvalue weighted by molar-refractivity contribution is 0.0949. The SMILES string of the molecule is COc1ccccc1CCNC(=O)c1cc(Nc2ccc(Cl)cc2C)ncn1. The highest BCUT2D eigenvalue weighted by Crippen LogP contribution is 2.22. The summed E-state index contributed by atoms with van der Waals surface area (Å²) in [6.45, 7) is 2.42. The number of hydrogen-bond donors (Lipinski definition) is 2. The Kier molecular flexibility index (Phi) is 6.45. The standard InChI is InChI=1S/C21H21ClN4O2/c1-14-11-16(22)7-8-17(14)26-20-12-18(24-13-25-20)21(27)23-10-9-15-5-3-4-6-19(15)28-2/h3-8,11-13H,9-10H2,1-2H3,(H,23,27)(H,24,25,26). The molecule has 0 spiro atoms. The summed E-state index contributed by atoms with van der Waals surface area (Å²) in [6.07, 6.45) is 2.03. The number of halogens is 1. The predicted octanol–water partition coefficient (Wildman–Crippen LogP) is 4.16. The summed E-state index contributed by atoms with van der Waals surface area (Å²) in [5.74, 6) is 1.09. The maximum absolute atomic E-state index is 12.4. The Hall–Kier alpha value is -3.12. The van der Waals surface area contributed by atoms with Gasteiger partial charge in [-0.25, -0.2) is 9.97 Å². The van der Waals surface area contributed by atoms with E-state index in [0.717, 1.165) is 22.6 Å². The van der Waals surface area contributed by atoms with Crippen molar-refractivity contribution in [3.05, 3.63) is 76.7 Å². The maximum Gasteiger partial charge on any atom is 0.270 e. The first-order valence-corrected chi connectivity index (χ1v) is 9.20. The van der Waals surface area contributed by atoms with Gasteiger partial charge in [-0.1, -0.05) is 29.8 Å². The van der Waals surface area contributed by atoms with Gasteiger partial charge in [0.05, 0.1) is 7.11 Å². The number of anilines is 2. The lowest BCUT2D eigenvalue weighted by Gasteiger charge is -2.11. The monoisotopic (exact) mass is 396 g/mol. The summed E-state index contributed by atoms with van der Waals surface area (Å²) in [5.41, 5.74) is 3.18. The van der Waals surface area contributed by atoms with E-state index in [-0.39, 0.29) is 5.91 Å². The maximum atomic E-state index is 12.4. The number of rotatable bonds is 7. The van der Waals surface area contributed by atoms with Crippen LogP contribution >= 0.6 is 11.6 Å². The van der Waals surface area contributed by atoms with E-state index in [9.17, 15) is 4.79 Å². The molecule has 2 N–H and O–H groups in total. The number of ether oxygens (including phenoxy) is 1. The van der Waals surface area contributed by atoms with Gasteiger partial charge in [-0.15, -0.1) is 0 Å². The van der Waals surface area contributed by atoms with Crippen molar-refractivity contribution >= 4 is 29.0 Å². The number of nitrogens with zero attached hydrogens (tertiary/aromatic N) is 2. The fourth-order valence-corrected chi connectivity index (χ4v) is 2.99. The highest BCUT2D eigenvalue weighted by molar-refractivity contribution is 6.30. The van der Waals surface area contributed by atoms with Gasteiger partial charge in [0.15, 0.2) is 0 Å². The molecule has 144 valence electrons. The molecule has 0 atom stereocenters. The number of amides is 1. The van der Waals surface area contributed by atoms with Crippen molar-refractivity contribution in [2.24, 2.45) is 0 Å². The quantitative estimate of drug-likeness (QED) is 0.627. The summed E-state index contributed by atoms with van der Waals surface area (Å²) < 4.78 is 5.33. The summed E-state index contributed by atoms with van der Waals surface area (Å²) >= 11 is 5.98. The zero-order valence-corrected chi connectivity index (χ0v) is 16.5. The molecule has 0 fully saturated rings. The molecule has 1 amide bonds. The van der Waals surface area contributed by atoms with E-state index < -0.39 is 0 Å². The van der Waals surface area contributed by atoms with Gasteiger partial charge < -0.3 is 15.4 Å². The second-order valence-electron chi connectivity index (χ2n) is 6.19. The van der Waals surface area contributed by atoms with Crippen LogP contribution in [0.4, 0.5) is 11.5 Å². The topological polar surface area (TPSA) is 76.1 Å². The molecule has 6 nitrogen and oxygen atoms in total. The molecule has 7 heteroatoms. The number of hydrogen-bond acceptors (Lipinski definition) is 5. The smallest absolute Gasteiger partial charge is 0.270 e. The van der Waals surface area contributed by atoms with Gasteiger partial charge >= 0.3 is 0 Å². The van der Waals surface area contributed by atoms with E-state index >= 15 is 0 Å². The lowest BCUT2D eigenvalue weighted by Crippen LogP contribution is -2.26. The van der Waals surface area contributed by atoms with Gasteiger partial charge in [0.2, 0.25) is 0 Å². The molecule has 0 unspecified atom stereocenters. The molecule has 2 aromatic carbocycles. The van der Waals surface area contributed by atoms with E-state index in [1.165, 1.54) is 6.33 Å². The molecule has 0 aliphatic heterocycles. The second kappa shape index (κ2) is 9.19. The minimum atomic E-state index is -0.256. The number of benzene rings is 2. The number of aryl methyl sites for hydroxylation is 1. The Morgan fingerprint density at radius 1 is 1.14 bits per heavy atom. The van der Waals surface area contributed by atoms with Crippen molar-refractivity contribution in [2.45, 2.75) is 13.3 Å². The molecule has 0 saturated carbocycles. The fourth-order valence-electron chi connectivity index (χ4n) is 2.77. The predicted molar refractivity (Wildman–Crippen MR) is 111 cm³/mol. The summed E-state index contributed by atoms with van der Waals surface area (Å²) in [4.78, 5) is 20.7. The molecule has 0 aliphatic carbocycles. The van der Waals surface area contributed by atoms with Crippen LogP contribution in [-0.2, 0) is 6.42 Å². The highest BCUT2D eigenvalue weighted by Gasteiger charge is 2.10. The average Bonchev–Trinajstić information content (AvgIpc) is 2.70. The molecule has 1 heterocycles. The molecule has 0 radical (unpaired) electrons. The average molecular weight is 397 g/mol. The Morgan fingerprint density at radius 3 is 2.75 bits per heavy atom. The van der Waals surface area contributed by atoms with Crippen molar-refractivity contribution in [3.8, 4) is 5.75 Å². The molecular formula is C21H21ClN4O2. The first kappa shape index (κ1) is 19.6. The molecule has 3 rings (SSSR count). The van der Waals surface area contributed by atoms with Crippen LogP contribution in [0, 0.1) is 6.92 Å². The van der Waals surface area contributed by atoms with Crippen LogP contribution in [0.1, 0.15) is 21.6 Å². The molecule has 0 saturated heterocycles. The summed E-state index contributed by atoms with van der Waals surface area (Å²) in [5, 5.41) is 6.73. The third kappa shape index (κ3) is 4.98. The van der Waals surface area contributed by atoms with Gasteiger partial charge in [-0.05, 0) is 48.7 Å².